The van der Waals surface area contributed by atoms with Gasteiger partial charge in [-0.2, -0.15) is 0 Å². The Labute approximate surface area is 146 Å². The minimum absolute atomic E-state index is 0.116. The van der Waals surface area contributed by atoms with Gasteiger partial charge in [-0.15, -0.1) is 7.92 Å². The summed E-state index contributed by atoms with van der Waals surface area (Å²) >= 11 is 0. The fourth-order valence-corrected chi connectivity index (χ4v) is 6.71. The third kappa shape index (κ3) is 5.06. The molecule has 130 valence electrons. The van der Waals surface area contributed by atoms with Crippen LogP contribution in [-0.4, -0.2) is 18.5 Å². The summed E-state index contributed by atoms with van der Waals surface area (Å²) in [6, 6.07) is 7.10. The minimum Gasteiger partial charge on any atom is -0.107 e. The summed E-state index contributed by atoms with van der Waals surface area (Å²) in [7, 11) is 0.116. The fraction of sp³-hybridized carbons (Fsp3) is 0.727. The van der Waals surface area contributed by atoms with Gasteiger partial charge in [0, 0.05) is 0 Å². The van der Waals surface area contributed by atoms with Crippen molar-refractivity contribution in [2.24, 2.45) is 16.7 Å². The van der Waals surface area contributed by atoms with E-state index in [0.717, 1.165) is 11.6 Å². The van der Waals surface area contributed by atoms with Crippen LogP contribution in [0.25, 0.3) is 0 Å². The second kappa shape index (κ2) is 6.87. The quantitative estimate of drug-likeness (QED) is 0.540. The second-order valence-electron chi connectivity index (χ2n) is 9.89. The number of hydrogen-bond acceptors (Lipinski definition) is 0. The molecule has 0 fully saturated rings. The highest BCUT2D eigenvalue weighted by atomic mass is 31.1. The topological polar surface area (TPSA) is 0 Å². The summed E-state index contributed by atoms with van der Waals surface area (Å²) in [5, 5.41) is 0. The Kier molecular flexibility index (Phi) is 5.67. The SMILES string of the molecule is Cc1ccc2c(c1)CC(CP(C)C(C)CC(C)(C)C)C(C)(C)C2. The van der Waals surface area contributed by atoms with Gasteiger partial charge < -0.3 is 0 Å². The van der Waals surface area contributed by atoms with Gasteiger partial charge in [0.05, 0.1) is 0 Å². The first kappa shape index (κ1) is 19.0. The maximum absolute atomic E-state index is 2.55. The van der Waals surface area contributed by atoms with Crippen molar-refractivity contribution in [1.29, 1.82) is 0 Å². The molecule has 0 heterocycles. The average molecular weight is 333 g/mol. The van der Waals surface area contributed by atoms with Crippen molar-refractivity contribution in [3.63, 3.8) is 0 Å². The zero-order chi connectivity index (χ0) is 17.4. The van der Waals surface area contributed by atoms with E-state index in [-0.39, 0.29) is 7.92 Å². The van der Waals surface area contributed by atoms with E-state index in [9.17, 15) is 0 Å². The lowest BCUT2D eigenvalue weighted by atomic mass is 9.67. The van der Waals surface area contributed by atoms with Crippen LogP contribution in [0.2, 0.25) is 0 Å². The fourth-order valence-electron chi connectivity index (χ4n) is 4.18. The van der Waals surface area contributed by atoms with Crippen molar-refractivity contribution in [3.8, 4) is 0 Å². The molecule has 0 spiro atoms. The van der Waals surface area contributed by atoms with E-state index in [1.165, 1.54) is 31.0 Å². The van der Waals surface area contributed by atoms with Gasteiger partial charge in [-0.1, -0.05) is 65.3 Å². The van der Waals surface area contributed by atoms with Crippen molar-refractivity contribution in [3.05, 3.63) is 34.9 Å². The summed E-state index contributed by atoms with van der Waals surface area (Å²) in [5.41, 5.74) is 6.42. The van der Waals surface area contributed by atoms with Crippen molar-refractivity contribution in [2.75, 3.05) is 12.8 Å². The third-order valence-corrected chi connectivity index (χ3v) is 8.45. The van der Waals surface area contributed by atoms with Gasteiger partial charge in [-0.3, -0.25) is 0 Å². The maximum atomic E-state index is 2.55. The van der Waals surface area contributed by atoms with Crippen LogP contribution in [0.1, 0.15) is 64.7 Å². The van der Waals surface area contributed by atoms with Crippen molar-refractivity contribution in [1.82, 2.24) is 0 Å². The molecule has 3 unspecified atom stereocenters. The van der Waals surface area contributed by atoms with Gasteiger partial charge in [0.25, 0.3) is 0 Å². The van der Waals surface area contributed by atoms with Crippen LogP contribution in [-0.2, 0) is 12.8 Å². The Morgan fingerprint density at radius 3 is 2.48 bits per heavy atom. The molecule has 0 bridgehead atoms. The molecule has 2 rings (SSSR count). The number of benzene rings is 1. The smallest absolute Gasteiger partial charge is 0.0222 e. The van der Waals surface area contributed by atoms with Gasteiger partial charge in [0.2, 0.25) is 0 Å². The van der Waals surface area contributed by atoms with E-state index in [0.29, 0.717) is 10.8 Å². The Morgan fingerprint density at radius 1 is 1.22 bits per heavy atom. The highest BCUT2D eigenvalue weighted by Gasteiger charge is 2.36. The van der Waals surface area contributed by atoms with Crippen LogP contribution in [0, 0.1) is 23.7 Å². The zero-order valence-electron chi connectivity index (χ0n) is 16.7. The monoisotopic (exact) mass is 332 g/mol. The molecule has 1 aliphatic rings. The molecule has 0 aliphatic heterocycles. The first-order valence-corrected chi connectivity index (χ1v) is 11.3. The van der Waals surface area contributed by atoms with E-state index in [1.54, 1.807) is 11.1 Å². The minimum atomic E-state index is 0.116. The van der Waals surface area contributed by atoms with Gasteiger partial charge >= 0.3 is 0 Å². The second-order valence-corrected chi connectivity index (χ2v) is 12.7. The molecule has 0 aromatic heterocycles. The molecule has 1 aromatic rings. The first-order valence-electron chi connectivity index (χ1n) is 9.26. The van der Waals surface area contributed by atoms with E-state index in [1.807, 2.05) is 0 Å². The molecule has 3 atom stereocenters. The van der Waals surface area contributed by atoms with E-state index in [4.69, 9.17) is 0 Å². The molecule has 0 amide bonds. The lowest BCUT2D eigenvalue weighted by molar-refractivity contribution is 0.215. The largest absolute Gasteiger partial charge is 0.107 e. The highest BCUT2D eigenvalue weighted by molar-refractivity contribution is 7.57. The Bertz CT molecular complexity index is 535. The summed E-state index contributed by atoms with van der Waals surface area (Å²) in [6.45, 7) is 19.4. The average Bonchev–Trinajstić information content (AvgIpc) is 2.37. The molecular formula is C22H37P. The lowest BCUT2D eigenvalue weighted by Crippen LogP contribution is -2.35. The number of aryl methyl sites for hydroxylation is 1. The van der Waals surface area contributed by atoms with Crippen LogP contribution in [0.5, 0.6) is 0 Å². The van der Waals surface area contributed by atoms with E-state index >= 15 is 0 Å². The number of rotatable bonds is 4. The predicted octanol–water partition coefficient (Wildman–Crippen LogP) is 6.67. The zero-order valence-corrected chi connectivity index (χ0v) is 17.6. The molecule has 1 aromatic carbocycles. The van der Waals surface area contributed by atoms with Crippen molar-refractivity contribution in [2.45, 2.75) is 73.4 Å². The van der Waals surface area contributed by atoms with Crippen LogP contribution in [0.4, 0.5) is 0 Å². The Hall–Kier alpha value is -0.350. The molecule has 0 nitrogen and oxygen atoms in total. The summed E-state index contributed by atoms with van der Waals surface area (Å²) in [4.78, 5) is 0. The third-order valence-electron chi connectivity index (χ3n) is 5.75. The predicted molar refractivity (Wildman–Crippen MR) is 107 cm³/mol. The molecule has 0 N–H and O–H groups in total. The van der Waals surface area contributed by atoms with Gasteiger partial charge in [0.15, 0.2) is 0 Å². The lowest BCUT2D eigenvalue weighted by Gasteiger charge is -2.42. The Morgan fingerprint density at radius 2 is 1.87 bits per heavy atom. The number of fused-ring (bicyclic) bond motifs is 1. The maximum Gasteiger partial charge on any atom is -0.0222 e. The molecule has 0 saturated heterocycles. The van der Waals surface area contributed by atoms with Gasteiger partial charge in [-0.25, -0.2) is 0 Å². The molecule has 0 radical (unpaired) electrons. The highest BCUT2D eigenvalue weighted by Crippen LogP contribution is 2.50. The van der Waals surface area contributed by atoms with Crippen LogP contribution >= 0.6 is 7.92 Å². The van der Waals surface area contributed by atoms with Crippen LogP contribution in [0.3, 0.4) is 0 Å². The van der Waals surface area contributed by atoms with E-state index < -0.39 is 0 Å². The Balaban J connectivity index is 2.10. The molecule has 0 saturated carbocycles. The van der Waals surface area contributed by atoms with Crippen LogP contribution in [0.15, 0.2) is 18.2 Å². The van der Waals surface area contributed by atoms with Gasteiger partial charge in [-0.05, 0) is 72.5 Å². The molecular weight excluding hydrogens is 295 g/mol. The van der Waals surface area contributed by atoms with E-state index in [2.05, 4.69) is 73.3 Å². The van der Waals surface area contributed by atoms with Crippen molar-refractivity contribution >= 4 is 7.92 Å². The molecule has 1 aliphatic carbocycles. The van der Waals surface area contributed by atoms with Crippen molar-refractivity contribution < 1.29 is 0 Å². The normalized spacial score (nSPS) is 23.2. The molecule has 1 heteroatoms. The summed E-state index contributed by atoms with van der Waals surface area (Å²) in [5.74, 6) is 0.843. The number of hydrogen-bond donors (Lipinski definition) is 0. The molecule has 23 heavy (non-hydrogen) atoms. The standard InChI is InChI=1S/C22H37P/c1-16-9-10-18-14-22(6,7)20(12-19(18)11-16)15-23(8)17(2)13-21(3,4)5/h9-11,17,20H,12-15H2,1-8H3. The van der Waals surface area contributed by atoms with Gasteiger partial charge in [0.1, 0.15) is 0 Å². The summed E-state index contributed by atoms with van der Waals surface area (Å²) in [6.07, 6.45) is 5.34. The first-order chi connectivity index (χ1) is 10.5. The summed E-state index contributed by atoms with van der Waals surface area (Å²) < 4.78 is 0. The van der Waals surface area contributed by atoms with Crippen LogP contribution < -0.4 is 0 Å².